The number of carbonyl (C=O) groups excluding carboxylic acids is 2. The molecule has 1 aromatic heterocycles. The minimum absolute atomic E-state index is 0.0521. The Morgan fingerprint density at radius 1 is 1.21 bits per heavy atom. The fraction of sp³-hybridized carbons (Fsp3) is 0.409. The van der Waals surface area contributed by atoms with E-state index in [1.54, 1.807) is 11.0 Å². The summed E-state index contributed by atoms with van der Waals surface area (Å²) < 4.78 is 27.3. The van der Waals surface area contributed by atoms with Crippen LogP contribution in [0.25, 0.3) is 11.3 Å². The maximum absolute atomic E-state index is 13.9. The van der Waals surface area contributed by atoms with Gasteiger partial charge in [-0.3, -0.25) is 14.6 Å². The number of likely N-dealkylation sites (tertiary alicyclic amines) is 1. The van der Waals surface area contributed by atoms with Crippen LogP contribution in [0.15, 0.2) is 36.5 Å². The molecule has 0 unspecified atom stereocenters. The molecule has 6 heteroatoms. The van der Waals surface area contributed by atoms with Gasteiger partial charge in [-0.15, -0.1) is 0 Å². The summed E-state index contributed by atoms with van der Waals surface area (Å²) >= 11 is 0. The van der Waals surface area contributed by atoms with Crippen molar-refractivity contribution in [2.45, 2.75) is 33.1 Å². The third-order valence-corrected chi connectivity index (χ3v) is 5.01. The molecule has 1 fully saturated rings. The fourth-order valence-electron chi connectivity index (χ4n) is 3.56. The van der Waals surface area contributed by atoms with Gasteiger partial charge in [-0.2, -0.15) is 0 Å². The number of halogens is 2. The van der Waals surface area contributed by atoms with Gasteiger partial charge >= 0.3 is 0 Å². The Bertz CT molecular complexity index is 865. The van der Waals surface area contributed by atoms with E-state index >= 15 is 0 Å². The minimum Gasteiger partial charge on any atom is -0.338 e. The number of amides is 1. The number of hydrogen-bond acceptors (Lipinski definition) is 3. The van der Waals surface area contributed by atoms with Gasteiger partial charge in [0, 0.05) is 37.2 Å². The van der Waals surface area contributed by atoms with E-state index in [9.17, 15) is 18.4 Å². The van der Waals surface area contributed by atoms with Crippen molar-refractivity contribution < 1.29 is 18.4 Å². The van der Waals surface area contributed by atoms with Crippen molar-refractivity contribution in [1.29, 1.82) is 0 Å². The predicted octanol–water partition coefficient (Wildman–Crippen LogP) is 4.49. The Balaban J connectivity index is 1.72. The second kappa shape index (κ2) is 8.59. The average molecular weight is 386 g/mol. The SMILES string of the molecule is CC(C)CC(=O)[C@@H]1CCCN(C(=O)c2ccc(-c3cccc(F)c3F)nc2)C1. The molecular formula is C22H24F2N2O2. The Labute approximate surface area is 163 Å². The first kappa shape index (κ1) is 20.1. The zero-order valence-electron chi connectivity index (χ0n) is 16.1. The van der Waals surface area contributed by atoms with Gasteiger partial charge < -0.3 is 4.90 Å². The molecule has 1 aliphatic heterocycles. The molecule has 1 atom stereocenters. The molecule has 0 N–H and O–H groups in total. The van der Waals surface area contributed by atoms with Crippen molar-refractivity contribution in [2.75, 3.05) is 13.1 Å². The van der Waals surface area contributed by atoms with Gasteiger partial charge in [-0.25, -0.2) is 8.78 Å². The van der Waals surface area contributed by atoms with Crippen molar-refractivity contribution in [3.63, 3.8) is 0 Å². The molecule has 3 rings (SSSR count). The monoisotopic (exact) mass is 386 g/mol. The number of Topliss-reactive ketones (excluding diaryl/α,β-unsaturated/α-hetero) is 1. The lowest BCUT2D eigenvalue weighted by atomic mass is 9.89. The highest BCUT2D eigenvalue weighted by molar-refractivity contribution is 5.94. The van der Waals surface area contributed by atoms with Crippen LogP contribution in [0, 0.1) is 23.5 Å². The summed E-state index contributed by atoms with van der Waals surface area (Å²) in [5.74, 6) is -1.70. The van der Waals surface area contributed by atoms with Crippen LogP contribution in [-0.2, 0) is 4.79 Å². The van der Waals surface area contributed by atoms with E-state index in [1.165, 1.54) is 24.4 Å². The first-order valence-electron chi connectivity index (χ1n) is 9.59. The molecule has 1 aromatic carbocycles. The first-order valence-corrected chi connectivity index (χ1v) is 9.59. The highest BCUT2D eigenvalue weighted by Crippen LogP contribution is 2.24. The van der Waals surface area contributed by atoms with Gasteiger partial charge in [0.15, 0.2) is 11.6 Å². The molecule has 148 valence electrons. The molecule has 1 saturated heterocycles. The van der Waals surface area contributed by atoms with Gasteiger partial charge in [-0.05, 0) is 43.0 Å². The number of carbonyl (C=O) groups is 2. The summed E-state index contributed by atoms with van der Waals surface area (Å²) in [6, 6.07) is 6.98. The predicted molar refractivity (Wildman–Crippen MR) is 103 cm³/mol. The third kappa shape index (κ3) is 4.43. The van der Waals surface area contributed by atoms with Gasteiger partial charge in [0.2, 0.25) is 0 Å². The maximum atomic E-state index is 13.9. The summed E-state index contributed by atoms with van der Waals surface area (Å²) in [5, 5.41) is 0. The number of rotatable bonds is 5. The number of aromatic nitrogens is 1. The van der Waals surface area contributed by atoms with Crippen molar-refractivity contribution in [3.8, 4) is 11.3 Å². The van der Waals surface area contributed by atoms with Crippen LogP contribution in [0.5, 0.6) is 0 Å². The molecule has 2 aromatic rings. The second-order valence-electron chi connectivity index (χ2n) is 7.69. The minimum atomic E-state index is -0.961. The van der Waals surface area contributed by atoms with E-state index in [1.807, 2.05) is 13.8 Å². The van der Waals surface area contributed by atoms with Crippen molar-refractivity contribution in [2.24, 2.45) is 11.8 Å². The Kier molecular flexibility index (Phi) is 6.17. The van der Waals surface area contributed by atoms with E-state index in [0.717, 1.165) is 18.9 Å². The molecule has 1 amide bonds. The number of hydrogen-bond donors (Lipinski definition) is 0. The van der Waals surface area contributed by atoms with E-state index in [-0.39, 0.29) is 28.9 Å². The standard InChI is InChI=1S/C22H24F2N2O2/c1-14(2)11-20(27)16-5-4-10-26(13-16)22(28)15-8-9-19(25-12-15)17-6-3-7-18(23)21(17)24/h3,6-9,12,14,16H,4-5,10-11,13H2,1-2H3/t16-/m1/s1. The average Bonchev–Trinajstić information content (AvgIpc) is 2.69. The summed E-state index contributed by atoms with van der Waals surface area (Å²) in [6.07, 6.45) is 3.51. The van der Waals surface area contributed by atoms with Crippen molar-refractivity contribution in [1.82, 2.24) is 9.88 Å². The smallest absolute Gasteiger partial charge is 0.255 e. The van der Waals surface area contributed by atoms with Crippen LogP contribution in [0.1, 0.15) is 43.5 Å². The molecule has 2 heterocycles. The Morgan fingerprint density at radius 3 is 2.68 bits per heavy atom. The third-order valence-electron chi connectivity index (χ3n) is 5.01. The molecule has 1 aliphatic rings. The van der Waals surface area contributed by atoms with E-state index in [2.05, 4.69) is 4.98 Å². The van der Waals surface area contributed by atoms with Gasteiger partial charge in [0.25, 0.3) is 5.91 Å². The molecular weight excluding hydrogens is 362 g/mol. The lowest BCUT2D eigenvalue weighted by Crippen LogP contribution is -2.42. The van der Waals surface area contributed by atoms with Gasteiger partial charge in [-0.1, -0.05) is 19.9 Å². The van der Waals surface area contributed by atoms with Crippen molar-refractivity contribution in [3.05, 3.63) is 53.7 Å². The molecule has 0 spiro atoms. The first-order chi connectivity index (χ1) is 13.4. The van der Waals surface area contributed by atoms with Gasteiger partial charge in [0.05, 0.1) is 11.3 Å². The number of benzene rings is 1. The number of ketones is 1. The highest BCUT2D eigenvalue weighted by Gasteiger charge is 2.29. The Hall–Kier alpha value is -2.63. The molecule has 28 heavy (non-hydrogen) atoms. The number of piperidine rings is 1. The van der Waals surface area contributed by atoms with E-state index in [4.69, 9.17) is 0 Å². The maximum Gasteiger partial charge on any atom is 0.255 e. The van der Waals surface area contributed by atoms with Crippen molar-refractivity contribution >= 4 is 11.7 Å². The van der Waals surface area contributed by atoms with Crippen LogP contribution in [-0.4, -0.2) is 34.7 Å². The normalized spacial score (nSPS) is 17.0. The summed E-state index contributed by atoms with van der Waals surface area (Å²) in [6.45, 7) is 5.05. The molecule has 4 nitrogen and oxygen atoms in total. The van der Waals surface area contributed by atoms with E-state index in [0.29, 0.717) is 31.0 Å². The largest absolute Gasteiger partial charge is 0.338 e. The fourth-order valence-corrected chi connectivity index (χ4v) is 3.56. The summed E-state index contributed by atoms with van der Waals surface area (Å²) in [7, 11) is 0. The Morgan fingerprint density at radius 2 is 2.00 bits per heavy atom. The second-order valence-corrected chi connectivity index (χ2v) is 7.69. The molecule has 0 radical (unpaired) electrons. The van der Waals surface area contributed by atoms with Crippen LogP contribution in [0.2, 0.25) is 0 Å². The summed E-state index contributed by atoms with van der Waals surface area (Å²) in [5.41, 5.74) is 0.686. The number of pyridine rings is 1. The number of nitrogens with zero attached hydrogens (tertiary/aromatic N) is 2. The van der Waals surface area contributed by atoms with Crippen LogP contribution in [0.4, 0.5) is 8.78 Å². The van der Waals surface area contributed by atoms with Crippen LogP contribution < -0.4 is 0 Å². The quantitative estimate of drug-likeness (QED) is 0.761. The van der Waals surface area contributed by atoms with E-state index < -0.39 is 11.6 Å². The molecule has 0 aliphatic carbocycles. The molecule has 0 saturated carbocycles. The topological polar surface area (TPSA) is 50.3 Å². The van der Waals surface area contributed by atoms with Gasteiger partial charge in [0.1, 0.15) is 5.78 Å². The highest BCUT2D eigenvalue weighted by atomic mass is 19.2. The van der Waals surface area contributed by atoms with Crippen LogP contribution >= 0.6 is 0 Å². The zero-order chi connectivity index (χ0) is 20.3. The lowest BCUT2D eigenvalue weighted by molar-refractivity contribution is -0.124. The summed E-state index contributed by atoms with van der Waals surface area (Å²) in [4.78, 5) is 31.0. The molecule has 0 bridgehead atoms. The lowest BCUT2D eigenvalue weighted by Gasteiger charge is -2.32. The van der Waals surface area contributed by atoms with Crippen LogP contribution in [0.3, 0.4) is 0 Å². The zero-order valence-corrected chi connectivity index (χ0v) is 16.1.